The summed E-state index contributed by atoms with van der Waals surface area (Å²) in [7, 11) is 0. The maximum atomic E-state index is 13.0. The molecule has 6 heteroatoms. The lowest BCUT2D eigenvalue weighted by molar-refractivity contribution is -0.137. The highest BCUT2D eigenvalue weighted by Gasteiger charge is 2.16. The van der Waals surface area contributed by atoms with Crippen LogP contribution in [-0.4, -0.2) is 35.0 Å². The van der Waals surface area contributed by atoms with Crippen LogP contribution in [0.2, 0.25) is 5.02 Å². The molecule has 98 valence electrons. The maximum absolute atomic E-state index is 13.0. The van der Waals surface area contributed by atoms with E-state index in [1.165, 1.54) is 17.0 Å². The third kappa shape index (κ3) is 3.70. The van der Waals surface area contributed by atoms with Gasteiger partial charge in [0, 0.05) is 18.7 Å². The summed E-state index contributed by atoms with van der Waals surface area (Å²) in [6.45, 7) is 2.23. The molecule has 0 atom stereocenters. The Kier molecular flexibility index (Phi) is 5.09. The molecular weight excluding hydrogens is 261 g/mol. The second-order valence-electron chi connectivity index (χ2n) is 3.66. The van der Waals surface area contributed by atoms with Gasteiger partial charge in [0.2, 0.25) is 0 Å². The molecule has 1 aromatic carbocycles. The van der Waals surface area contributed by atoms with Crippen LogP contribution in [0.5, 0.6) is 0 Å². The standard InChI is InChI=1S/C12H13ClFNO3/c1-2-15(6-5-11(16)17)12(18)8-3-4-10(14)9(13)7-8/h3-4,7H,2,5-6H2,1H3,(H,16,17). The summed E-state index contributed by atoms with van der Waals surface area (Å²) >= 11 is 5.59. The van der Waals surface area contributed by atoms with Crippen LogP contribution in [0.15, 0.2) is 18.2 Å². The van der Waals surface area contributed by atoms with Crippen molar-refractivity contribution in [3.05, 3.63) is 34.6 Å². The minimum absolute atomic E-state index is 0.111. The van der Waals surface area contributed by atoms with E-state index in [0.29, 0.717) is 6.54 Å². The van der Waals surface area contributed by atoms with Crippen LogP contribution < -0.4 is 0 Å². The van der Waals surface area contributed by atoms with Crippen LogP contribution in [0, 0.1) is 5.82 Å². The van der Waals surface area contributed by atoms with Gasteiger partial charge in [-0.15, -0.1) is 0 Å². The molecule has 1 aromatic rings. The Balaban J connectivity index is 2.82. The van der Waals surface area contributed by atoms with Gasteiger partial charge in [-0.25, -0.2) is 4.39 Å². The molecule has 0 spiro atoms. The number of halogens is 2. The maximum Gasteiger partial charge on any atom is 0.305 e. The lowest BCUT2D eigenvalue weighted by Gasteiger charge is -2.20. The number of carbonyl (C=O) groups is 2. The zero-order valence-electron chi connectivity index (χ0n) is 9.82. The molecule has 4 nitrogen and oxygen atoms in total. The number of hydrogen-bond acceptors (Lipinski definition) is 2. The highest BCUT2D eigenvalue weighted by Crippen LogP contribution is 2.17. The summed E-state index contributed by atoms with van der Waals surface area (Å²) in [6.07, 6.45) is -0.130. The van der Waals surface area contributed by atoms with Crippen molar-refractivity contribution in [2.24, 2.45) is 0 Å². The van der Waals surface area contributed by atoms with Crippen molar-refractivity contribution in [2.75, 3.05) is 13.1 Å². The largest absolute Gasteiger partial charge is 0.481 e. The predicted octanol–water partition coefficient (Wildman–Crippen LogP) is 2.42. The number of rotatable bonds is 5. The monoisotopic (exact) mass is 273 g/mol. The Morgan fingerprint density at radius 2 is 2.11 bits per heavy atom. The van der Waals surface area contributed by atoms with Crippen molar-refractivity contribution >= 4 is 23.5 Å². The number of hydrogen-bond donors (Lipinski definition) is 1. The van der Waals surface area contributed by atoms with E-state index in [4.69, 9.17) is 16.7 Å². The van der Waals surface area contributed by atoms with Crippen LogP contribution in [0.4, 0.5) is 4.39 Å². The first-order valence-electron chi connectivity index (χ1n) is 5.41. The summed E-state index contributed by atoms with van der Waals surface area (Å²) < 4.78 is 13.0. The van der Waals surface area contributed by atoms with Crippen molar-refractivity contribution < 1.29 is 19.1 Å². The van der Waals surface area contributed by atoms with E-state index in [0.717, 1.165) is 6.07 Å². The van der Waals surface area contributed by atoms with Gasteiger partial charge in [0.15, 0.2) is 0 Å². The lowest BCUT2D eigenvalue weighted by atomic mass is 10.2. The first-order valence-corrected chi connectivity index (χ1v) is 5.79. The second-order valence-corrected chi connectivity index (χ2v) is 4.06. The van der Waals surface area contributed by atoms with Gasteiger partial charge in [-0.1, -0.05) is 11.6 Å². The van der Waals surface area contributed by atoms with E-state index in [1.807, 2.05) is 0 Å². The Hall–Kier alpha value is -1.62. The van der Waals surface area contributed by atoms with Gasteiger partial charge in [-0.3, -0.25) is 9.59 Å². The number of aliphatic carboxylic acids is 1. The second kappa shape index (κ2) is 6.35. The van der Waals surface area contributed by atoms with E-state index < -0.39 is 11.8 Å². The first kappa shape index (κ1) is 14.4. The minimum Gasteiger partial charge on any atom is -0.481 e. The van der Waals surface area contributed by atoms with E-state index >= 15 is 0 Å². The molecule has 0 saturated heterocycles. The lowest BCUT2D eigenvalue weighted by Crippen LogP contribution is -2.32. The summed E-state index contributed by atoms with van der Waals surface area (Å²) in [5, 5.41) is 8.45. The number of amides is 1. The molecule has 18 heavy (non-hydrogen) atoms. The molecule has 0 saturated carbocycles. The van der Waals surface area contributed by atoms with Crippen molar-refractivity contribution in [1.82, 2.24) is 4.90 Å². The van der Waals surface area contributed by atoms with E-state index in [1.54, 1.807) is 6.92 Å². The smallest absolute Gasteiger partial charge is 0.305 e. The Bertz CT molecular complexity index is 465. The summed E-state index contributed by atoms with van der Waals surface area (Å²) in [5.74, 6) is -1.93. The molecule has 0 aliphatic heterocycles. The average molecular weight is 274 g/mol. The van der Waals surface area contributed by atoms with Gasteiger partial charge in [0.05, 0.1) is 11.4 Å². The summed E-state index contributed by atoms with van der Waals surface area (Å²) in [5.41, 5.74) is 0.244. The van der Waals surface area contributed by atoms with Gasteiger partial charge in [-0.05, 0) is 25.1 Å². The highest BCUT2D eigenvalue weighted by molar-refractivity contribution is 6.31. The third-order valence-corrected chi connectivity index (χ3v) is 2.72. The van der Waals surface area contributed by atoms with Gasteiger partial charge in [-0.2, -0.15) is 0 Å². The predicted molar refractivity (Wildman–Crippen MR) is 65.2 cm³/mol. The summed E-state index contributed by atoms with van der Waals surface area (Å²) in [4.78, 5) is 23.8. The van der Waals surface area contributed by atoms with Crippen LogP contribution in [0.1, 0.15) is 23.7 Å². The molecule has 0 radical (unpaired) electrons. The van der Waals surface area contributed by atoms with Crippen molar-refractivity contribution in [1.29, 1.82) is 0 Å². The van der Waals surface area contributed by atoms with Crippen LogP contribution in [0.25, 0.3) is 0 Å². The van der Waals surface area contributed by atoms with Gasteiger partial charge in [0.1, 0.15) is 5.82 Å². The number of carboxylic acid groups (broad SMARTS) is 1. The average Bonchev–Trinajstić information content (AvgIpc) is 2.32. The molecule has 0 aliphatic carbocycles. The molecule has 1 amide bonds. The van der Waals surface area contributed by atoms with Crippen molar-refractivity contribution in [3.8, 4) is 0 Å². The molecule has 0 unspecified atom stereocenters. The van der Waals surface area contributed by atoms with E-state index in [2.05, 4.69) is 0 Å². The molecule has 0 fully saturated rings. The number of carboxylic acids is 1. The Morgan fingerprint density at radius 3 is 2.61 bits per heavy atom. The SMILES string of the molecule is CCN(CCC(=O)O)C(=O)c1ccc(F)c(Cl)c1. The number of benzene rings is 1. The van der Waals surface area contributed by atoms with Gasteiger partial charge in [0.25, 0.3) is 5.91 Å². The normalized spacial score (nSPS) is 10.2. The van der Waals surface area contributed by atoms with Gasteiger partial charge < -0.3 is 10.0 Å². The molecule has 1 rings (SSSR count). The fourth-order valence-electron chi connectivity index (χ4n) is 1.45. The Labute approximate surface area is 109 Å². The number of carbonyl (C=O) groups excluding carboxylic acids is 1. The minimum atomic E-state index is -0.974. The third-order valence-electron chi connectivity index (χ3n) is 2.43. The zero-order chi connectivity index (χ0) is 13.7. The fourth-order valence-corrected chi connectivity index (χ4v) is 1.63. The fraction of sp³-hybridized carbons (Fsp3) is 0.333. The van der Waals surface area contributed by atoms with Crippen molar-refractivity contribution in [2.45, 2.75) is 13.3 Å². The van der Waals surface area contributed by atoms with E-state index in [-0.39, 0.29) is 29.5 Å². The molecule has 0 heterocycles. The molecular formula is C12H13ClFNO3. The molecule has 0 aliphatic rings. The van der Waals surface area contributed by atoms with Crippen LogP contribution in [0.3, 0.4) is 0 Å². The summed E-state index contributed by atoms with van der Waals surface area (Å²) in [6, 6.07) is 3.68. The zero-order valence-corrected chi connectivity index (χ0v) is 10.6. The molecule has 1 N–H and O–H groups in total. The molecule has 0 aromatic heterocycles. The number of nitrogens with zero attached hydrogens (tertiary/aromatic N) is 1. The first-order chi connectivity index (χ1) is 8.45. The van der Waals surface area contributed by atoms with Gasteiger partial charge >= 0.3 is 5.97 Å². The van der Waals surface area contributed by atoms with Crippen LogP contribution in [-0.2, 0) is 4.79 Å². The van der Waals surface area contributed by atoms with E-state index in [9.17, 15) is 14.0 Å². The highest BCUT2D eigenvalue weighted by atomic mass is 35.5. The van der Waals surface area contributed by atoms with Crippen molar-refractivity contribution in [3.63, 3.8) is 0 Å². The molecule has 0 bridgehead atoms. The van der Waals surface area contributed by atoms with Crippen LogP contribution >= 0.6 is 11.6 Å². The quantitative estimate of drug-likeness (QED) is 0.896. The topological polar surface area (TPSA) is 57.6 Å². The Morgan fingerprint density at radius 1 is 1.44 bits per heavy atom.